The summed E-state index contributed by atoms with van der Waals surface area (Å²) in [6.07, 6.45) is -4.83. The van der Waals surface area contributed by atoms with Gasteiger partial charge in [-0.3, -0.25) is 0 Å². The summed E-state index contributed by atoms with van der Waals surface area (Å²) >= 11 is 20.2. The number of hydrogen-bond acceptors (Lipinski definition) is 3. The number of primary sulfonamides is 1. The standard InChI is InChI=1S/C23H13Cl3F3NO2S2/c24-17-10-14(20-16(23(27,28)29)7-8-19(21(20)26)34(30,31)32)11-18(25)22(17)33-15-6-5-12-3-1-2-4-13(12)9-15/h1-11H,(H2,30,31,32). The molecule has 0 fully saturated rings. The summed E-state index contributed by atoms with van der Waals surface area (Å²) in [6.45, 7) is 0. The molecule has 0 amide bonds. The first-order chi connectivity index (χ1) is 15.9. The largest absolute Gasteiger partial charge is 0.417 e. The zero-order valence-corrected chi connectivity index (χ0v) is 20.7. The first kappa shape index (κ1) is 25.2. The van der Waals surface area contributed by atoms with Crippen molar-refractivity contribution in [2.45, 2.75) is 20.9 Å². The Morgan fingerprint density at radius 1 is 0.824 bits per heavy atom. The molecule has 0 aromatic heterocycles. The summed E-state index contributed by atoms with van der Waals surface area (Å²) in [6, 6.07) is 17.4. The van der Waals surface area contributed by atoms with Crippen LogP contribution in [0.3, 0.4) is 0 Å². The average Bonchev–Trinajstić information content (AvgIpc) is 2.74. The second-order valence-electron chi connectivity index (χ2n) is 7.22. The maximum absolute atomic E-state index is 13.7. The van der Waals surface area contributed by atoms with E-state index in [1.54, 1.807) is 0 Å². The van der Waals surface area contributed by atoms with Gasteiger partial charge in [0.15, 0.2) is 0 Å². The van der Waals surface area contributed by atoms with Crippen molar-refractivity contribution in [1.82, 2.24) is 0 Å². The second-order valence-corrected chi connectivity index (χ2v) is 11.0. The SMILES string of the molecule is NS(=O)(=O)c1ccc(C(F)(F)F)c(-c2cc(Cl)c(Sc3ccc4ccccc4c3)c(Cl)c2)c1Cl. The van der Waals surface area contributed by atoms with E-state index in [2.05, 4.69) is 0 Å². The molecule has 4 rings (SSSR count). The Bertz CT molecular complexity index is 1520. The summed E-state index contributed by atoms with van der Waals surface area (Å²) < 4.78 is 64.9. The Balaban J connectivity index is 1.84. The molecule has 0 saturated carbocycles. The minimum absolute atomic E-state index is 0.0749. The molecular weight excluding hydrogens is 550 g/mol. The first-order valence-corrected chi connectivity index (χ1v) is 12.9. The van der Waals surface area contributed by atoms with Gasteiger partial charge in [-0.2, -0.15) is 13.2 Å². The third-order valence-electron chi connectivity index (χ3n) is 4.95. The van der Waals surface area contributed by atoms with E-state index in [-0.39, 0.29) is 15.6 Å². The van der Waals surface area contributed by atoms with Gasteiger partial charge in [0.1, 0.15) is 4.90 Å². The molecule has 0 aliphatic carbocycles. The van der Waals surface area contributed by atoms with Crippen LogP contribution >= 0.6 is 46.6 Å². The van der Waals surface area contributed by atoms with Crippen LogP contribution in [0.15, 0.2) is 81.4 Å². The molecule has 3 nitrogen and oxygen atoms in total. The molecule has 0 aliphatic heterocycles. The molecule has 0 unspecified atom stereocenters. The van der Waals surface area contributed by atoms with Crippen LogP contribution in [0, 0.1) is 0 Å². The van der Waals surface area contributed by atoms with Crippen molar-refractivity contribution in [3.8, 4) is 11.1 Å². The molecule has 176 valence electrons. The van der Waals surface area contributed by atoms with Gasteiger partial charge in [-0.05, 0) is 52.7 Å². The van der Waals surface area contributed by atoms with Crippen LogP contribution in [0.2, 0.25) is 15.1 Å². The maximum Gasteiger partial charge on any atom is 0.417 e. The van der Waals surface area contributed by atoms with E-state index in [0.717, 1.165) is 21.7 Å². The summed E-state index contributed by atoms with van der Waals surface area (Å²) in [5, 5.41) is 6.65. The van der Waals surface area contributed by atoms with Gasteiger partial charge in [-0.1, -0.05) is 76.9 Å². The molecule has 2 N–H and O–H groups in total. The van der Waals surface area contributed by atoms with E-state index in [9.17, 15) is 21.6 Å². The van der Waals surface area contributed by atoms with E-state index in [1.807, 2.05) is 42.5 Å². The van der Waals surface area contributed by atoms with E-state index in [4.69, 9.17) is 39.9 Å². The number of sulfonamides is 1. The highest BCUT2D eigenvalue weighted by Gasteiger charge is 2.36. The molecule has 34 heavy (non-hydrogen) atoms. The highest BCUT2D eigenvalue weighted by molar-refractivity contribution is 7.99. The highest BCUT2D eigenvalue weighted by atomic mass is 35.5. The highest BCUT2D eigenvalue weighted by Crippen LogP contribution is 2.47. The van der Waals surface area contributed by atoms with Crippen molar-refractivity contribution in [2.75, 3.05) is 0 Å². The zero-order valence-electron chi connectivity index (χ0n) is 16.8. The maximum atomic E-state index is 13.7. The Hall–Kier alpha value is -1.94. The van der Waals surface area contributed by atoms with Gasteiger partial charge in [-0.25, -0.2) is 13.6 Å². The monoisotopic (exact) mass is 561 g/mol. The minimum Gasteiger partial charge on any atom is -0.225 e. The normalized spacial score (nSPS) is 12.3. The summed E-state index contributed by atoms with van der Waals surface area (Å²) in [5.74, 6) is 0. The van der Waals surface area contributed by atoms with Gasteiger partial charge in [0, 0.05) is 15.4 Å². The number of benzene rings is 4. The number of fused-ring (bicyclic) bond motifs is 1. The molecular formula is C23H13Cl3F3NO2S2. The number of halogens is 6. The Kier molecular flexibility index (Phi) is 6.85. The van der Waals surface area contributed by atoms with Gasteiger partial charge in [0.05, 0.1) is 20.6 Å². The van der Waals surface area contributed by atoms with E-state index >= 15 is 0 Å². The topological polar surface area (TPSA) is 60.2 Å². The van der Waals surface area contributed by atoms with E-state index in [0.29, 0.717) is 11.0 Å². The molecule has 0 aliphatic rings. The van der Waals surface area contributed by atoms with Gasteiger partial charge >= 0.3 is 6.18 Å². The molecule has 0 bridgehead atoms. The van der Waals surface area contributed by atoms with Crippen LogP contribution in [0.5, 0.6) is 0 Å². The van der Waals surface area contributed by atoms with Gasteiger partial charge in [-0.15, -0.1) is 0 Å². The molecule has 4 aromatic carbocycles. The Morgan fingerprint density at radius 2 is 1.44 bits per heavy atom. The Morgan fingerprint density at radius 3 is 2.03 bits per heavy atom. The molecule has 0 atom stereocenters. The lowest BCUT2D eigenvalue weighted by atomic mass is 9.99. The smallest absolute Gasteiger partial charge is 0.225 e. The molecule has 11 heteroatoms. The van der Waals surface area contributed by atoms with Gasteiger partial charge in [0.25, 0.3) is 0 Å². The number of rotatable bonds is 4. The quantitative estimate of drug-likeness (QED) is 0.272. The predicted octanol–water partition coefficient (Wildman–Crippen LogP) is 8.28. The van der Waals surface area contributed by atoms with Gasteiger partial charge < -0.3 is 0 Å². The third kappa shape index (κ3) is 5.03. The Labute approximate surface area is 212 Å². The van der Waals surface area contributed by atoms with E-state index < -0.39 is 37.2 Å². The molecule has 0 heterocycles. The minimum atomic E-state index is -4.83. The predicted molar refractivity (Wildman–Crippen MR) is 131 cm³/mol. The van der Waals surface area contributed by atoms with E-state index in [1.165, 1.54) is 23.9 Å². The lowest BCUT2D eigenvalue weighted by molar-refractivity contribution is -0.137. The zero-order chi connectivity index (χ0) is 24.8. The fourth-order valence-corrected chi connectivity index (χ4v) is 6.24. The lowest BCUT2D eigenvalue weighted by Crippen LogP contribution is -2.15. The third-order valence-corrected chi connectivity index (χ3v) is 8.36. The van der Waals surface area contributed by atoms with Crippen LogP contribution in [0.1, 0.15) is 5.56 Å². The summed E-state index contributed by atoms with van der Waals surface area (Å²) in [7, 11) is -4.38. The molecule has 0 radical (unpaired) electrons. The first-order valence-electron chi connectivity index (χ1n) is 9.45. The molecule has 4 aromatic rings. The fraction of sp³-hybridized carbons (Fsp3) is 0.0435. The van der Waals surface area contributed by atoms with Crippen LogP contribution in [0.25, 0.3) is 21.9 Å². The molecule has 0 saturated heterocycles. The van der Waals surface area contributed by atoms with Crippen LogP contribution in [0.4, 0.5) is 13.2 Å². The lowest BCUT2D eigenvalue weighted by Gasteiger charge is -2.18. The van der Waals surface area contributed by atoms with Crippen molar-refractivity contribution in [3.05, 3.63) is 87.4 Å². The van der Waals surface area contributed by atoms with Crippen LogP contribution in [-0.4, -0.2) is 8.42 Å². The second kappa shape index (κ2) is 9.26. The van der Waals surface area contributed by atoms with Gasteiger partial charge in [0.2, 0.25) is 10.0 Å². The fourth-order valence-electron chi connectivity index (χ4n) is 3.45. The number of nitrogens with two attached hydrogens (primary N) is 1. The van der Waals surface area contributed by atoms with Crippen molar-refractivity contribution in [3.63, 3.8) is 0 Å². The number of alkyl halides is 3. The van der Waals surface area contributed by atoms with Crippen LogP contribution in [-0.2, 0) is 16.2 Å². The van der Waals surface area contributed by atoms with Crippen molar-refractivity contribution in [2.24, 2.45) is 5.14 Å². The molecule has 0 spiro atoms. The average molecular weight is 563 g/mol. The van der Waals surface area contributed by atoms with Crippen molar-refractivity contribution in [1.29, 1.82) is 0 Å². The summed E-state index contributed by atoms with van der Waals surface area (Å²) in [5.41, 5.74) is -1.82. The van der Waals surface area contributed by atoms with Crippen molar-refractivity contribution < 1.29 is 21.6 Å². The van der Waals surface area contributed by atoms with Crippen molar-refractivity contribution >= 4 is 67.4 Å². The van der Waals surface area contributed by atoms with Crippen LogP contribution < -0.4 is 5.14 Å². The summed E-state index contributed by atoms with van der Waals surface area (Å²) in [4.78, 5) is 0.606. The number of hydrogen-bond donors (Lipinski definition) is 1.